The molecule has 4 aliphatic heterocycles. The van der Waals surface area contributed by atoms with Crippen molar-refractivity contribution in [3.05, 3.63) is 143 Å². The third kappa shape index (κ3) is 11.1. The molecule has 13 nitrogen and oxygen atoms in total. The number of benzene rings is 4. The molecule has 8 atom stereocenters. The average molecular weight is 919 g/mol. The molecule has 0 bridgehead atoms. The summed E-state index contributed by atoms with van der Waals surface area (Å²) in [6.45, 7) is 1.42. The minimum atomic E-state index is -1.03. The van der Waals surface area contributed by atoms with Crippen molar-refractivity contribution in [1.29, 1.82) is 0 Å². The van der Waals surface area contributed by atoms with Gasteiger partial charge in [0.2, 0.25) is 23.6 Å². The highest BCUT2D eigenvalue weighted by molar-refractivity contribution is 8.14. The van der Waals surface area contributed by atoms with Crippen molar-refractivity contribution in [2.45, 2.75) is 118 Å². The molecule has 340 valence electrons. The van der Waals surface area contributed by atoms with Crippen LogP contribution < -0.4 is 10.6 Å². The third-order valence-electron chi connectivity index (χ3n) is 12.7. The lowest BCUT2D eigenvalue weighted by molar-refractivity contribution is -0.156. The number of rotatable bonds is 11. The van der Waals surface area contributed by atoms with Crippen LogP contribution in [0.5, 0.6) is 0 Å². The standard InChI is InChI=1S/C26H28N2O5S.C24H26N2O4S/c1-16(29)34-23(14-17-8-3-2-4-9-17)24(30)27-20-15-18-10-5-6-11-19(18)21-12-7-13-22(26(32)33)28(21)25(20)31;27-22(21(31)13-15-7-2-1-3-8-15)25-18-14-16-9-4-5-10-17(16)19-11-6-12-20(24(29)30)26(19)23(18)28/h2-6,8-11,20-23H,7,12-15H2,1H3,(H,27,30)(H,32,33);1-5,7-10,18-21,31H,6,11-14H2,(H,25,27)(H,29,30)/t20-,21+,22-,23-;18-,19+,20-,21-/m00/s1. The van der Waals surface area contributed by atoms with Crippen molar-refractivity contribution < 1.29 is 43.8 Å². The molecular formula is C50H54N4O9S2. The molecule has 15 heteroatoms. The van der Waals surface area contributed by atoms with E-state index in [-0.39, 0.29) is 41.3 Å². The molecule has 4 N–H and O–H groups in total. The molecule has 4 heterocycles. The van der Waals surface area contributed by atoms with E-state index in [9.17, 15) is 43.8 Å². The van der Waals surface area contributed by atoms with Crippen molar-refractivity contribution in [2.75, 3.05) is 0 Å². The minimum absolute atomic E-state index is 0.185. The zero-order chi connectivity index (χ0) is 46.2. The fourth-order valence-corrected chi connectivity index (χ4v) is 10.8. The Labute approximate surface area is 388 Å². The molecule has 2 fully saturated rings. The summed E-state index contributed by atoms with van der Waals surface area (Å²) >= 11 is 5.40. The predicted molar refractivity (Wildman–Crippen MR) is 249 cm³/mol. The number of carboxylic acid groups (broad SMARTS) is 2. The number of thioether (sulfide) groups is 1. The first-order valence-electron chi connectivity index (χ1n) is 22.1. The Morgan fingerprint density at radius 1 is 0.615 bits per heavy atom. The van der Waals surface area contributed by atoms with Crippen LogP contribution in [-0.2, 0) is 59.2 Å². The van der Waals surface area contributed by atoms with Crippen LogP contribution in [0.25, 0.3) is 0 Å². The highest BCUT2D eigenvalue weighted by Crippen LogP contribution is 2.41. The average Bonchev–Trinajstić information content (AvgIpc) is 3.50. The van der Waals surface area contributed by atoms with Crippen LogP contribution in [0.4, 0.5) is 0 Å². The van der Waals surface area contributed by atoms with E-state index in [1.54, 1.807) is 0 Å². The number of carboxylic acids is 2. The van der Waals surface area contributed by atoms with Crippen molar-refractivity contribution in [3.63, 3.8) is 0 Å². The van der Waals surface area contributed by atoms with Gasteiger partial charge in [0, 0.05) is 19.8 Å². The Kier molecular flexibility index (Phi) is 15.5. The smallest absolute Gasteiger partial charge is 0.326 e. The van der Waals surface area contributed by atoms with Crippen LogP contribution in [0, 0.1) is 0 Å². The fraction of sp³-hybridized carbons (Fsp3) is 0.380. The second-order valence-corrected chi connectivity index (χ2v) is 19.0. The Morgan fingerprint density at radius 2 is 1.03 bits per heavy atom. The van der Waals surface area contributed by atoms with E-state index >= 15 is 0 Å². The molecule has 0 unspecified atom stereocenters. The van der Waals surface area contributed by atoms with E-state index in [1.807, 2.05) is 109 Å². The number of hydrogen-bond acceptors (Lipinski definition) is 9. The number of carbonyl (C=O) groups excluding carboxylic acids is 5. The van der Waals surface area contributed by atoms with Crippen molar-refractivity contribution in [2.24, 2.45) is 0 Å². The quantitative estimate of drug-likeness (QED) is 0.113. The number of hydrogen-bond donors (Lipinski definition) is 5. The first-order valence-corrected chi connectivity index (χ1v) is 23.5. The summed E-state index contributed by atoms with van der Waals surface area (Å²) in [5.41, 5.74) is 5.72. The van der Waals surface area contributed by atoms with Gasteiger partial charge in [0.1, 0.15) is 24.2 Å². The summed E-state index contributed by atoms with van der Waals surface area (Å²) < 4.78 is 0. The van der Waals surface area contributed by atoms with E-state index in [1.165, 1.54) is 16.7 Å². The van der Waals surface area contributed by atoms with Gasteiger partial charge in [-0.1, -0.05) is 121 Å². The van der Waals surface area contributed by atoms with Crippen LogP contribution in [0.3, 0.4) is 0 Å². The first kappa shape index (κ1) is 47.0. The highest BCUT2D eigenvalue weighted by atomic mass is 32.2. The molecule has 0 aliphatic carbocycles. The zero-order valence-corrected chi connectivity index (χ0v) is 37.8. The van der Waals surface area contributed by atoms with E-state index in [0.717, 1.165) is 58.0 Å². The number of nitrogens with one attached hydrogen (secondary N) is 2. The molecule has 4 aromatic carbocycles. The van der Waals surface area contributed by atoms with Crippen LogP contribution in [0.1, 0.15) is 90.9 Å². The number of thiol groups is 1. The molecule has 2 saturated heterocycles. The molecular weight excluding hydrogens is 865 g/mol. The van der Waals surface area contributed by atoms with Crippen LogP contribution in [0.15, 0.2) is 109 Å². The predicted octanol–water partition coefficient (Wildman–Crippen LogP) is 5.90. The topological polar surface area (TPSA) is 190 Å². The maximum Gasteiger partial charge on any atom is 0.326 e. The second kappa shape index (κ2) is 21.4. The van der Waals surface area contributed by atoms with Gasteiger partial charge >= 0.3 is 11.9 Å². The van der Waals surface area contributed by atoms with Gasteiger partial charge in [-0.05, 0) is 84.7 Å². The van der Waals surface area contributed by atoms with E-state index < -0.39 is 52.5 Å². The molecule has 4 amide bonds. The van der Waals surface area contributed by atoms with Gasteiger partial charge in [-0.3, -0.25) is 24.0 Å². The normalized spacial score (nSPS) is 23.2. The first-order chi connectivity index (χ1) is 31.3. The van der Waals surface area contributed by atoms with Crippen LogP contribution in [-0.4, -0.2) is 95.4 Å². The lowest BCUT2D eigenvalue weighted by atomic mass is 9.89. The maximum absolute atomic E-state index is 13.7. The second-order valence-electron chi connectivity index (χ2n) is 17.0. The van der Waals surface area contributed by atoms with Crippen molar-refractivity contribution in [1.82, 2.24) is 20.4 Å². The molecule has 4 aliphatic rings. The zero-order valence-electron chi connectivity index (χ0n) is 36.1. The molecule has 4 aromatic rings. The molecule has 0 aromatic heterocycles. The Hall–Kier alpha value is -5.93. The molecule has 8 rings (SSSR count). The van der Waals surface area contributed by atoms with Gasteiger partial charge in [0.25, 0.3) is 0 Å². The largest absolute Gasteiger partial charge is 0.480 e. The molecule has 0 saturated carbocycles. The lowest BCUT2D eigenvalue weighted by Crippen LogP contribution is -2.56. The van der Waals surface area contributed by atoms with E-state index in [0.29, 0.717) is 44.9 Å². The van der Waals surface area contributed by atoms with E-state index in [4.69, 9.17) is 0 Å². The Bertz CT molecular complexity index is 2400. The summed E-state index contributed by atoms with van der Waals surface area (Å²) in [7, 11) is 0. The highest BCUT2D eigenvalue weighted by Gasteiger charge is 2.46. The van der Waals surface area contributed by atoms with Gasteiger partial charge in [-0.2, -0.15) is 12.6 Å². The summed E-state index contributed by atoms with van der Waals surface area (Å²) in [5.74, 6) is -3.47. The van der Waals surface area contributed by atoms with E-state index in [2.05, 4.69) is 23.3 Å². The summed E-state index contributed by atoms with van der Waals surface area (Å²) in [4.78, 5) is 92.2. The van der Waals surface area contributed by atoms with Gasteiger partial charge in [-0.25, -0.2) is 9.59 Å². The lowest BCUT2D eigenvalue weighted by Gasteiger charge is -2.40. The Morgan fingerprint density at radius 3 is 1.48 bits per heavy atom. The Balaban J connectivity index is 0.000000195. The summed E-state index contributed by atoms with van der Waals surface area (Å²) in [6, 6.07) is 30.3. The monoisotopic (exact) mass is 918 g/mol. The maximum atomic E-state index is 13.7. The van der Waals surface area contributed by atoms with Crippen LogP contribution in [0.2, 0.25) is 0 Å². The third-order valence-corrected chi connectivity index (χ3v) is 14.1. The number of nitrogens with zero attached hydrogens (tertiary/aromatic N) is 2. The minimum Gasteiger partial charge on any atom is -0.480 e. The number of fused-ring (bicyclic) bond motifs is 6. The van der Waals surface area contributed by atoms with Gasteiger partial charge in [-0.15, -0.1) is 0 Å². The molecule has 65 heavy (non-hydrogen) atoms. The van der Waals surface area contributed by atoms with Gasteiger partial charge < -0.3 is 30.6 Å². The number of aliphatic carboxylic acids is 2. The summed E-state index contributed by atoms with van der Waals surface area (Å²) in [5, 5.41) is 23.8. The number of carbonyl (C=O) groups is 7. The van der Waals surface area contributed by atoms with Crippen molar-refractivity contribution in [3.8, 4) is 0 Å². The molecule has 0 radical (unpaired) electrons. The SMILES string of the molecule is CC(=O)S[C@@H](Cc1ccccc1)C(=O)N[C@H]1Cc2ccccc2[C@H]2CCC[C@@H](C(=O)O)N2C1=O.O=C(N[C@H]1Cc2ccccc2[C@H]2CCC[C@@H](C(=O)O)N2C1=O)[C@@H](S)Cc1ccccc1. The van der Waals surface area contributed by atoms with Crippen molar-refractivity contribution >= 4 is 65.1 Å². The summed E-state index contributed by atoms with van der Waals surface area (Å²) in [6.07, 6.45) is 5.07. The fourth-order valence-electron chi connectivity index (χ4n) is 9.68. The van der Waals surface area contributed by atoms with Gasteiger partial charge in [0.15, 0.2) is 5.12 Å². The van der Waals surface area contributed by atoms with Crippen LogP contribution >= 0.6 is 24.4 Å². The number of amides is 4. The molecule has 0 spiro atoms. The van der Waals surface area contributed by atoms with Gasteiger partial charge in [0.05, 0.1) is 22.6 Å². The number of piperidine rings is 2.